The lowest BCUT2D eigenvalue weighted by Crippen LogP contribution is -2.38. The van der Waals surface area contributed by atoms with E-state index in [-0.39, 0.29) is 44.2 Å². The van der Waals surface area contributed by atoms with Crippen molar-refractivity contribution in [1.29, 1.82) is 0 Å². The van der Waals surface area contributed by atoms with Crippen LogP contribution in [-0.2, 0) is 15.7 Å². The fourth-order valence-corrected chi connectivity index (χ4v) is 2.55. The highest BCUT2D eigenvalue weighted by Crippen LogP contribution is 2.39. The molecule has 0 spiro atoms. The van der Waals surface area contributed by atoms with Gasteiger partial charge in [0, 0.05) is 18.7 Å². The summed E-state index contributed by atoms with van der Waals surface area (Å²) in [5, 5.41) is 3.61. The normalized spacial score (nSPS) is 18.8. The zero-order valence-corrected chi connectivity index (χ0v) is 12.3. The third kappa shape index (κ3) is 3.28. The minimum atomic E-state index is -4.75. The van der Waals surface area contributed by atoms with Crippen LogP contribution in [0, 0.1) is 5.82 Å². The van der Waals surface area contributed by atoms with Gasteiger partial charge in [-0.15, -0.1) is 0 Å². The highest BCUT2D eigenvalue weighted by molar-refractivity contribution is 6.04. The fraction of sp³-hybridized carbons (Fsp3) is 0.429. The molecule has 0 atom stereocenters. The third-order valence-electron chi connectivity index (χ3n) is 3.65. The van der Waals surface area contributed by atoms with Gasteiger partial charge in [-0.05, 0) is 12.1 Å². The highest BCUT2D eigenvalue weighted by atomic mass is 19.4. The molecule has 2 heterocycles. The smallest absolute Gasteiger partial charge is 0.428 e. The molecule has 6 nitrogen and oxygen atoms in total. The second-order valence-corrected chi connectivity index (χ2v) is 5.20. The van der Waals surface area contributed by atoms with Crippen LogP contribution in [0.5, 0.6) is 0 Å². The number of amides is 1. The van der Waals surface area contributed by atoms with Gasteiger partial charge in [-0.1, -0.05) is 0 Å². The predicted octanol–water partition coefficient (Wildman–Crippen LogP) is 2.12. The maximum Gasteiger partial charge on any atom is 0.428 e. The first-order valence-electron chi connectivity index (χ1n) is 7.09. The largest absolute Gasteiger partial charge is 0.442 e. The van der Waals surface area contributed by atoms with Crippen LogP contribution >= 0.6 is 0 Å². The molecule has 1 aromatic carbocycles. The molecule has 0 aromatic heterocycles. The first-order valence-corrected chi connectivity index (χ1v) is 7.09. The summed E-state index contributed by atoms with van der Waals surface area (Å²) in [6, 6.07) is 1.77. The van der Waals surface area contributed by atoms with Gasteiger partial charge in [0.1, 0.15) is 18.1 Å². The number of rotatable bonds is 2. The fourth-order valence-electron chi connectivity index (χ4n) is 2.55. The summed E-state index contributed by atoms with van der Waals surface area (Å²) in [5.41, 5.74) is 0.287. The highest BCUT2D eigenvalue weighted by Gasteiger charge is 2.38. The summed E-state index contributed by atoms with van der Waals surface area (Å²) < 4.78 is 64.5. The van der Waals surface area contributed by atoms with Gasteiger partial charge in [-0.25, -0.2) is 14.6 Å². The Kier molecular flexibility index (Phi) is 4.31. The van der Waals surface area contributed by atoms with Gasteiger partial charge in [0.05, 0.1) is 24.5 Å². The van der Waals surface area contributed by atoms with Crippen LogP contribution < -0.4 is 10.3 Å². The van der Waals surface area contributed by atoms with Crippen LogP contribution in [0.3, 0.4) is 0 Å². The van der Waals surface area contributed by atoms with Crippen molar-refractivity contribution >= 4 is 17.5 Å². The number of alkyl halides is 3. The number of benzene rings is 1. The Hall–Kier alpha value is -2.36. The Bertz CT molecular complexity index is 685. The number of hydrazone groups is 1. The Morgan fingerprint density at radius 1 is 1.21 bits per heavy atom. The molecule has 1 fully saturated rings. The molecular weight excluding hydrogens is 334 g/mol. The summed E-state index contributed by atoms with van der Waals surface area (Å²) in [4.78, 5) is 12.2. The van der Waals surface area contributed by atoms with Crippen molar-refractivity contribution in [2.45, 2.75) is 6.18 Å². The van der Waals surface area contributed by atoms with Crippen molar-refractivity contribution in [2.75, 3.05) is 37.8 Å². The molecule has 24 heavy (non-hydrogen) atoms. The molecule has 2 aliphatic heterocycles. The Morgan fingerprint density at radius 3 is 2.50 bits per heavy atom. The van der Waals surface area contributed by atoms with Crippen LogP contribution in [0.15, 0.2) is 17.2 Å². The Morgan fingerprint density at radius 2 is 1.92 bits per heavy atom. The van der Waals surface area contributed by atoms with Crippen molar-refractivity contribution < 1.29 is 31.8 Å². The summed E-state index contributed by atoms with van der Waals surface area (Å²) in [7, 11) is 0. The topological polar surface area (TPSA) is 63.2 Å². The van der Waals surface area contributed by atoms with Gasteiger partial charge in [-0.2, -0.15) is 18.3 Å². The van der Waals surface area contributed by atoms with Crippen molar-refractivity contribution in [3.63, 3.8) is 0 Å². The van der Waals surface area contributed by atoms with E-state index in [0.717, 1.165) is 12.1 Å². The van der Waals surface area contributed by atoms with Crippen LogP contribution in [-0.4, -0.2) is 44.7 Å². The van der Waals surface area contributed by atoms with E-state index >= 15 is 0 Å². The summed E-state index contributed by atoms with van der Waals surface area (Å²) in [6.45, 7) is 0.453. The first kappa shape index (κ1) is 16.5. The number of ether oxygens (including phenoxy) is 2. The third-order valence-corrected chi connectivity index (χ3v) is 3.65. The van der Waals surface area contributed by atoms with E-state index in [1.165, 1.54) is 4.90 Å². The number of anilines is 1. The zero-order valence-electron chi connectivity index (χ0n) is 12.3. The SMILES string of the molecule is O=C1NN=C(c2cc(F)c(N3CCOCC3)c(C(F)(F)F)c2)CO1. The lowest BCUT2D eigenvalue weighted by Gasteiger charge is -2.31. The van der Waals surface area contributed by atoms with Crippen LogP contribution in [0.1, 0.15) is 11.1 Å². The number of nitrogens with one attached hydrogen (secondary N) is 1. The zero-order chi connectivity index (χ0) is 17.3. The van der Waals surface area contributed by atoms with Gasteiger partial charge < -0.3 is 14.4 Å². The summed E-state index contributed by atoms with van der Waals surface area (Å²) >= 11 is 0. The van der Waals surface area contributed by atoms with Crippen LogP contribution in [0.4, 0.5) is 28.0 Å². The lowest BCUT2D eigenvalue weighted by atomic mass is 10.0. The van der Waals surface area contributed by atoms with E-state index < -0.39 is 29.3 Å². The second kappa shape index (κ2) is 6.27. The second-order valence-electron chi connectivity index (χ2n) is 5.20. The molecule has 130 valence electrons. The standard InChI is InChI=1S/C14H13F4N3O3/c15-10-6-8(11-7-24-13(22)20-19-11)5-9(14(16,17)18)12(10)21-1-3-23-4-2-21/h5-6H,1-4,7H2,(H,20,22). The number of nitrogens with zero attached hydrogens (tertiary/aromatic N) is 2. The molecule has 3 rings (SSSR count). The number of carbonyl (C=O) groups is 1. The van der Waals surface area contributed by atoms with E-state index in [2.05, 4.69) is 9.84 Å². The van der Waals surface area contributed by atoms with Crippen molar-refractivity contribution in [3.8, 4) is 0 Å². The maximum atomic E-state index is 14.5. The van der Waals surface area contributed by atoms with Gasteiger partial charge >= 0.3 is 12.3 Å². The van der Waals surface area contributed by atoms with E-state index in [4.69, 9.17) is 4.74 Å². The van der Waals surface area contributed by atoms with E-state index in [1.54, 1.807) is 0 Å². The van der Waals surface area contributed by atoms with Gasteiger partial charge in [-0.3, -0.25) is 0 Å². The molecule has 0 bridgehead atoms. The minimum absolute atomic E-state index is 0.00697. The molecule has 0 radical (unpaired) electrons. The molecule has 10 heteroatoms. The molecule has 1 aromatic rings. The maximum absolute atomic E-state index is 14.5. The van der Waals surface area contributed by atoms with E-state index in [1.807, 2.05) is 5.43 Å². The summed E-state index contributed by atoms with van der Waals surface area (Å²) in [6.07, 6.45) is -5.57. The van der Waals surface area contributed by atoms with Gasteiger partial charge in [0.2, 0.25) is 0 Å². The molecule has 1 saturated heterocycles. The number of hydrogen-bond donors (Lipinski definition) is 1. The molecule has 0 saturated carbocycles. The number of carbonyl (C=O) groups excluding carboxylic acids is 1. The van der Waals surface area contributed by atoms with Crippen LogP contribution in [0.25, 0.3) is 0 Å². The molecule has 1 N–H and O–H groups in total. The molecule has 0 unspecified atom stereocenters. The predicted molar refractivity (Wildman–Crippen MR) is 75.5 cm³/mol. The van der Waals surface area contributed by atoms with Crippen LogP contribution in [0.2, 0.25) is 0 Å². The lowest BCUT2D eigenvalue weighted by molar-refractivity contribution is -0.137. The average Bonchev–Trinajstić information content (AvgIpc) is 2.55. The molecule has 0 aliphatic carbocycles. The average molecular weight is 347 g/mol. The molecule has 2 aliphatic rings. The van der Waals surface area contributed by atoms with Crippen molar-refractivity contribution in [2.24, 2.45) is 5.10 Å². The monoisotopic (exact) mass is 347 g/mol. The van der Waals surface area contributed by atoms with Gasteiger partial charge in [0.15, 0.2) is 0 Å². The number of hydrogen-bond acceptors (Lipinski definition) is 5. The Labute approximate surface area is 134 Å². The number of morpholine rings is 1. The molecule has 1 amide bonds. The minimum Gasteiger partial charge on any atom is -0.442 e. The molecular formula is C14H13F4N3O3. The van der Waals surface area contributed by atoms with E-state index in [9.17, 15) is 22.4 Å². The quantitative estimate of drug-likeness (QED) is 0.833. The van der Waals surface area contributed by atoms with Gasteiger partial charge in [0.25, 0.3) is 0 Å². The van der Waals surface area contributed by atoms with E-state index in [0.29, 0.717) is 0 Å². The van der Waals surface area contributed by atoms with Crippen molar-refractivity contribution in [3.05, 3.63) is 29.1 Å². The summed E-state index contributed by atoms with van der Waals surface area (Å²) in [5.74, 6) is -1.01. The van der Waals surface area contributed by atoms with Crippen molar-refractivity contribution in [1.82, 2.24) is 5.43 Å². The first-order chi connectivity index (χ1) is 11.4. The number of halogens is 4. The Balaban J connectivity index is 2.05. The number of cyclic esters (lactones) is 1.